The Kier molecular flexibility index (Phi) is 3.87. The first-order valence-electron chi connectivity index (χ1n) is 6.11. The zero-order valence-electron chi connectivity index (χ0n) is 10.3. The van der Waals surface area contributed by atoms with Crippen LogP contribution in [0.4, 0.5) is 0 Å². The smallest absolute Gasteiger partial charge is 0.255 e. The number of rotatable bonds is 1. The lowest BCUT2D eigenvalue weighted by atomic mass is 9.91. The minimum atomic E-state index is 0.149. The monoisotopic (exact) mass is 295 g/mol. The third kappa shape index (κ3) is 2.89. The first kappa shape index (κ1) is 12.6. The standard InChI is InChI=1S/C14H18BrNO/c1-10-7-11(2)9-16(8-10)14(17)12-5-3-4-6-13(12)15/h3-6,10-11H,7-9H2,1-2H3/t10-,11+. The topological polar surface area (TPSA) is 20.3 Å². The van der Waals surface area contributed by atoms with Crippen molar-refractivity contribution in [1.82, 2.24) is 4.90 Å². The number of carbonyl (C=O) groups excluding carboxylic acids is 1. The van der Waals surface area contributed by atoms with Crippen LogP contribution < -0.4 is 0 Å². The molecule has 0 radical (unpaired) electrons. The van der Waals surface area contributed by atoms with Crippen LogP contribution in [0.5, 0.6) is 0 Å². The number of amides is 1. The fraction of sp³-hybridized carbons (Fsp3) is 0.500. The summed E-state index contributed by atoms with van der Waals surface area (Å²) in [5.74, 6) is 1.35. The molecule has 2 rings (SSSR count). The molecule has 92 valence electrons. The second kappa shape index (κ2) is 5.21. The highest BCUT2D eigenvalue weighted by atomic mass is 79.9. The van der Waals surface area contributed by atoms with Crippen LogP contribution in [0, 0.1) is 11.8 Å². The summed E-state index contributed by atoms with van der Waals surface area (Å²) in [5, 5.41) is 0. The van der Waals surface area contributed by atoms with Gasteiger partial charge in [-0.1, -0.05) is 26.0 Å². The molecule has 0 aliphatic carbocycles. The number of nitrogens with zero attached hydrogens (tertiary/aromatic N) is 1. The van der Waals surface area contributed by atoms with Crippen LogP contribution in [-0.4, -0.2) is 23.9 Å². The average Bonchev–Trinajstić information content (AvgIpc) is 2.27. The highest BCUT2D eigenvalue weighted by molar-refractivity contribution is 9.10. The van der Waals surface area contributed by atoms with Crippen molar-refractivity contribution in [2.24, 2.45) is 11.8 Å². The normalized spacial score (nSPS) is 24.8. The van der Waals surface area contributed by atoms with Crippen molar-refractivity contribution in [2.75, 3.05) is 13.1 Å². The molecule has 0 saturated carbocycles. The van der Waals surface area contributed by atoms with E-state index < -0.39 is 0 Å². The molecule has 0 spiro atoms. The Morgan fingerprint density at radius 2 is 1.82 bits per heavy atom. The Hall–Kier alpha value is -0.830. The van der Waals surface area contributed by atoms with Crippen molar-refractivity contribution in [3.8, 4) is 0 Å². The SMILES string of the molecule is C[C@@H]1C[C@H](C)CN(C(=O)c2ccccc2Br)C1. The van der Waals surface area contributed by atoms with Gasteiger partial charge >= 0.3 is 0 Å². The van der Waals surface area contributed by atoms with Gasteiger partial charge in [0.15, 0.2) is 0 Å². The molecule has 1 aliphatic rings. The number of piperidine rings is 1. The van der Waals surface area contributed by atoms with Crippen molar-refractivity contribution < 1.29 is 4.79 Å². The minimum Gasteiger partial charge on any atom is -0.338 e. The predicted octanol–water partition coefficient (Wildman–Crippen LogP) is 3.57. The lowest BCUT2D eigenvalue weighted by Gasteiger charge is -2.35. The summed E-state index contributed by atoms with van der Waals surface area (Å²) >= 11 is 3.45. The van der Waals surface area contributed by atoms with E-state index in [9.17, 15) is 4.79 Å². The summed E-state index contributed by atoms with van der Waals surface area (Å²) in [6.07, 6.45) is 1.22. The maximum absolute atomic E-state index is 12.4. The molecule has 1 saturated heterocycles. The van der Waals surface area contributed by atoms with Crippen LogP contribution in [0.25, 0.3) is 0 Å². The number of halogens is 1. The van der Waals surface area contributed by atoms with Gasteiger partial charge in [0.2, 0.25) is 0 Å². The maximum atomic E-state index is 12.4. The molecule has 2 atom stereocenters. The second-order valence-electron chi connectivity index (χ2n) is 5.14. The van der Waals surface area contributed by atoms with Crippen LogP contribution in [0.15, 0.2) is 28.7 Å². The largest absolute Gasteiger partial charge is 0.338 e. The molecule has 0 unspecified atom stereocenters. The molecular weight excluding hydrogens is 278 g/mol. The molecule has 0 aromatic heterocycles. The molecule has 17 heavy (non-hydrogen) atoms. The van der Waals surface area contributed by atoms with Gasteiger partial charge in [-0.25, -0.2) is 0 Å². The molecule has 0 bridgehead atoms. The Morgan fingerprint density at radius 1 is 1.24 bits per heavy atom. The van der Waals surface area contributed by atoms with E-state index in [1.807, 2.05) is 29.2 Å². The maximum Gasteiger partial charge on any atom is 0.255 e. The summed E-state index contributed by atoms with van der Waals surface area (Å²) in [4.78, 5) is 14.4. The van der Waals surface area contributed by atoms with Gasteiger partial charge in [0, 0.05) is 17.6 Å². The Morgan fingerprint density at radius 3 is 2.41 bits per heavy atom. The first-order valence-corrected chi connectivity index (χ1v) is 6.91. The average molecular weight is 296 g/mol. The summed E-state index contributed by atoms with van der Waals surface area (Å²) < 4.78 is 0.885. The summed E-state index contributed by atoms with van der Waals surface area (Å²) in [6.45, 7) is 6.20. The van der Waals surface area contributed by atoms with Crippen molar-refractivity contribution >= 4 is 21.8 Å². The lowest BCUT2D eigenvalue weighted by molar-refractivity contribution is 0.0622. The molecule has 2 nitrogen and oxygen atoms in total. The highest BCUT2D eigenvalue weighted by Crippen LogP contribution is 2.24. The molecule has 1 aromatic carbocycles. The summed E-state index contributed by atoms with van der Waals surface area (Å²) in [7, 11) is 0. The Labute approximate surface area is 111 Å². The fourth-order valence-electron chi connectivity index (χ4n) is 2.63. The van der Waals surface area contributed by atoms with E-state index >= 15 is 0 Å². The van der Waals surface area contributed by atoms with Crippen molar-refractivity contribution in [1.29, 1.82) is 0 Å². The van der Waals surface area contributed by atoms with Crippen LogP contribution in [0.1, 0.15) is 30.6 Å². The van der Waals surface area contributed by atoms with Gasteiger partial charge in [0.05, 0.1) is 5.56 Å². The Bertz CT molecular complexity index is 408. The fourth-order valence-corrected chi connectivity index (χ4v) is 3.09. The van der Waals surface area contributed by atoms with Crippen LogP contribution >= 0.6 is 15.9 Å². The van der Waals surface area contributed by atoms with Crippen LogP contribution in [0.3, 0.4) is 0 Å². The van der Waals surface area contributed by atoms with Crippen LogP contribution in [-0.2, 0) is 0 Å². The molecule has 1 amide bonds. The minimum absolute atomic E-state index is 0.149. The summed E-state index contributed by atoms with van der Waals surface area (Å²) in [6, 6.07) is 7.65. The van der Waals surface area contributed by atoms with Gasteiger partial charge < -0.3 is 4.90 Å². The van der Waals surface area contributed by atoms with E-state index in [-0.39, 0.29) is 5.91 Å². The third-order valence-corrected chi connectivity index (χ3v) is 3.95. The van der Waals surface area contributed by atoms with E-state index in [1.165, 1.54) is 6.42 Å². The second-order valence-corrected chi connectivity index (χ2v) is 5.99. The molecule has 1 aliphatic heterocycles. The van der Waals surface area contributed by atoms with Gasteiger partial charge in [-0.05, 0) is 46.3 Å². The zero-order valence-corrected chi connectivity index (χ0v) is 11.9. The molecule has 0 N–H and O–H groups in total. The van der Waals surface area contributed by atoms with Crippen molar-refractivity contribution in [2.45, 2.75) is 20.3 Å². The first-order chi connectivity index (χ1) is 8.08. The highest BCUT2D eigenvalue weighted by Gasteiger charge is 2.26. The van der Waals surface area contributed by atoms with Gasteiger partial charge in [0.25, 0.3) is 5.91 Å². The zero-order chi connectivity index (χ0) is 12.4. The number of carbonyl (C=O) groups is 1. The van der Waals surface area contributed by atoms with E-state index in [4.69, 9.17) is 0 Å². The third-order valence-electron chi connectivity index (χ3n) is 3.26. The lowest BCUT2D eigenvalue weighted by Crippen LogP contribution is -2.42. The molecule has 1 aromatic rings. The molecule has 3 heteroatoms. The number of hydrogen-bond acceptors (Lipinski definition) is 1. The quantitative estimate of drug-likeness (QED) is 0.776. The van der Waals surface area contributed by atoms with Crippen molar-refractivity contribution in [3.63, 3.8) is 0 Å². The predicted molar refractivity (Wildman–Crippen MR) is 73.0 cm³/mol. The number of hydrogen-bond donors (Lipinski definition) is 0. The Balaban J connectivity index is 2.17. The van der Waals surface area contributed by atoms with Gasteiger partial charge in [0.1, 0.15) is 0 Å². The number of benzene rings is 1. The molecular formula is C14H18BrNO. The molecule has 1 heterocycles. The van der Waals surface area contributed by atoms with E-state index in [0.717, 1.165) is 23.1 Å². The van der Waals surface area contributed by atoms with E-state index in [2.05, 4.69) is 29.8 Å². The summed E-state index contributed by atoms with van der Waals surface area (Å²) in [5.41, 5.74) is 0.772. The van der Waals surface area contributed by atoms with E-state index in [1.54, 1.807) is 0 Å². The number of likely N-dealkylation sites (tertiary alicyclic amines) is 1. The van der Waals surface area contributed by atoms with E-state index in [0.29, 0.717) is 11.8 Å². The van der Waals surface area contributed by atoms with Gasteiger partial charge in [-0.3, -0.25) is 4.79 Å². The van der Waals surface area contributed by atoms with Gasteiger partial charge in [-0.15, -0.1) is 0 Å². The molecule has 1 fully saturated rings. The van der Waals surface area contributed by atoms with Crippen LogP contribution in [0.2, 0.25) is 0 Å². The van der Waals surface area contributed by atoms with Gasteiger partial charge in [-0.2, -0.15) is 0 Å². The van der Waals surface area contributed by atoms with Crippen molar-refractivity contribution in [3.05, 3.63) is 34.3 Å².